The summed E-state index contributed by atoms with van der Waals surface area (Å²) in [5.41, 5.74) is 3.88. The number of benzene rings is 2. The molecular formula is C22H28N4O3S. The van der Waals surface area contributed by atoms with Crippen LogP contribution in [-0.2, 0) is 21.4 Å². The van der Waals surface area contributed by atoms with E-state index in [9.17, 15) is 13.2 Å². The first-order valence-electron chi connectivity index (χ1n) is 10.0. The number of sulfonamides is 1. The molecule has 3 rings (SSSR count). The van der Waals surface area contributed by atoms with Crippen LogP contribution >= 0.6 is 0 Å². The third-order valence-corrected chi connectivity index (χ3v) is 7.43. The zero-order valence-corrected chi connectivity index (χ0v) is 18.9. The van der Waals surface area contributed by atoms with Gasteiger partial charge in [0.2, 0.25) is 15.9 Å². The third kappa shape index (κ3) is 4.11. The van der Waals surface area contributed by atoms with Gasteiger partial charge >= 0.3 is 0 Å². The van der Waals surface area contributed by atoms with Crippen molar-refractivity contribution >= 4 is 32.7 Å². The summed E-state index contributed by atoms with van der Waals surface area (Å²) >= 11 is 0. The summed E-state index contributed by atoms with van der Waals surface area (Å²) in [5, 5.41) is 2.90. The van der Waals surface area contributed by atoms with Gasteiger partial charge in [-0.1, -0.05) is 26.0 Å². The smallest absolute Gasteiger partial charge is 0.244 e. The number of imidazole rings is 1. The van der Waals surface area contributed by atoms with Crippen molar-refractivity contribution in [1.82, 2.24) is 13.9 Å². The molecule has 0 saturated heterocycles. The highest BCUT2D eigenvalue weighted by Crippen LogP contribution is 2.26. The lowest BCUT2D eigenvalue weighted by Crippen LogP contribution is -2.31. The van der Waals surface area contributed by atoms with Gasteiger partial charge < -0.3 is 9.88 Å². The lowest BCUT2D eigenvalue weighted by molar-refractivity contribution is -0.116. The number of aromatic nitrogens is 2. The number of nitrogens with zero attached hydrogens (tertiary/aromatic N) is 3. The predicted octanol–water partition coefficient (Wildman–Crippen LogP) is 3.63. The Morgan fingerprint density at radius 3 is 2.43 bits per heavy atom. The molecule has 1 aromatic heterocycles. The van der Waals surface area contributed by atoms with Crippen molar-refractivity contribution in [3.63, 3.8) is 0 Å². The molecule has 0 spiro atoms. The molecule has 160 valence electrons. The largest absolute Gasteiger partial charge is 0.324 e. The van der Waals surface area contributed by atoms with E-state index in [-0.39, 0.29) is 17.3 Å². The monoisotopic (exact) mass is 428 g/mol. The van der Waals surface area contributed by atoms with Gasteiger partial charge in [0.1, 0.15) is 12.4 Å². The Morgan fingerprint density at radius 2 is 1.77 bits per heavy atom. The molecule has 30 heavy (non-hydrogen) atoms. The standard InChI is InChI=1S/C22H28N4O3S/c1-6-25(7-2)30(28,29)18-12-15(3)16(4)20(13-18)24-22(27)14-26-17(5)23-19-10-8-9-11-21(19)26/h8-13H,6-7,14H2,1-5H3,(H,24,27). The zero-order chi connectivity index (χ0) is 22.1. The number of nitrogens with one attached hydrogen (secondary N) is 1. The number of amides is 1. The minimum atomic E-state index is -3.62. The Bertz CT molecular complexity index is 1190. The summed E-state index contributed by atoms with van der Waals surface area (Å²) in [5.74, 6) is 0.512. The van der Waals surface area contributed by atoms with Crippen molar-refractivity contribution in [1.29, 1.82) is 0 Å². The van der Waals surface area contributed by atoms with Crippen molar-refractivity contribution in [2.24, 2.45) is 0 Å². The van der Waals surface area contributed by atoms with Crippen molar-refractivity contribution in [2.75, 3.05) is 18.4 Å². The van der Waals surface area contributed by atoms with E-state index in [2.05, 4.69) is 10.3 Å². The average molecular weight is 429 g/mol. The average Bonchev–Trinajstić information content (AvgIpc) is 3.01. The first kappa shape index (κ1) is 22.0. The predicted molar refractivity (Wildman–Crippen MR) is 119 cm³/mol. The van der Waals surface area contributed by atoms with Crippen LogP contribution in [0.4, 0.5) is 5.69 Å². The zero-order valence-electron chi connectivity index (χ0n) is 18.1. The van der Waals surface area contributed by atoms with E-state index in [1.807, 2.05) is 63.5 Å². The molecule has 0 fully saturated rings. The van der Waals surface area contributed by atoms with E-state index in [1.165, 1.54) is 4.31 Å². The third-order valence-electron chi connectivity index (χ3n) is 5.41. The maximum absolute atomic E-state index is 12.9. The molecule has 0 radical (unpaired) electrons. The number of aryl methyl sites for hydroxylation is 2. The van der Waals surface area contributed by atoms with Crippen LogP contribution in [-0.4, -0.2) is 41.3 Å². The van der Waals surface area contributed by atoms with Gasteiger partial charge in [-0.05, 0) is 56.2 Å². The minimum absolute atomic E-state index is 0.0951. The fraction of sp³-hybridized carbons (Fsp3) is 0.364. The summed E-state index contributed by atoms with van der Waals surface area (Å²) in [6.45, 7) is 10.1. The molecule has 0 bridgehead atoms. The minimum Gasteiger partial charge on any atom is -0.324 e. The molecule has 0 unspecified atom stereocenters. The topological polar surface area (TPSA) is 84.3 Å². The number of carbonyl (C=O) groups excluding carboxylic acids is 1. The Labute approximate surface area is 177 Å². The summed E-state index contributed by atoms with van der Waals surface area (Å²) in [6, 6.07) is 10.9. The van der Waals surface area contributed by atoms with Crippen molar-refractivity contribution in [2.45, 2.75) is 46.1 Å². The fourth-order valence-electron chi connectivity index (χ4n) is 3.55. The van der Waals surface area contributed by atoms with Crippen LogP contribution in [0.3, 0.4) is 0 Å². The number of carbonyl (C=O) groups is 1. The van der Waals surface area contributed by atoms with Crippen LogP contribution in [0.5, 0.6) is 0 Å². The molecule has 0 aliphatic carbocycles. The molecule has 8 heteroatoms. The maximum Gasteiger partial charge on any atom is 0.244 e. The van der Waals surface area contributed by atoms with Crippen molar-refractivity contribution in [3.05, 3.63) is 53.3 Å². The highest BCUT2D eigenvalue weighted by molar-refractivity contribution is 7.89. The maximum atomic E-state index is 12.9. The number of fused-ring (bicyclic) bond motifs is 1. The molecule has 1 amide bonds. The van der Waals surface area contributed by atoms with E-state index in [0.29, 0.717) is 18.8 Å². The first-order chi connectivity index (χ1) is 14.2. The summed E-state index contributed by atoms with van der Waals surface area (Å²) in [4.78, 5) is 17.5. The number of rotatable bonds is 7. The molecule has 0 aliphatic heterocycles. The second-order valence-corrected chi connectivity index (χ2v) is 9.22. The number of hydrogen-bond acceptors (Lipinski definition) is 4. The number of para-hydroxylation sites is 2. The Kier molecular flexibility index (Phi) is 6.28. The van der Waals surface area contributed by atoms with Gasteiger partial charge in [0, 0.05) is 18.8 Å². The summed E-state index contributed by atoms with van der Waals surface area (Å²) in [7, 11) is -3.62. The van der Waals surface area contributed by atoms with Gasteiger partial charge in [0.25, 0.3) is 0 Å². The van der Waals surface area contributed by atoms with Gasteiger partial charge in [0.05, 0.1) is 15.9 Å². The van der Waals surface area contributed by atoms with Gasteiger partial charge in [-0.15, -0.1) is 0 Å². The fourth-order valence-corrected chi connectivity index (χ4v) is 5.12. The molecular weight excluding hydrogens is 400 g/mol. The molecule has 1 heterocycles. The molecule has 2 aromatic carbocycles. The number of hydrogen-bond donors (Lipinski definition) is 1. The van der Waals surface area contributed by atoms with Gasteiger partial charge in [0.15, 0.2) is 0 Å². The lowest BCUT2D eigenvalue weighted by atomic mass is 10.1. The Morgan fingerprint density at radius 1 is 1.10 bits per heavy atom. The van der Waals surface area contributed by atoms with Gasteiger partial charge in [-0.3, -0.25) is 4.79 Å². The molecule has 3 aromatic rings. The van der Waals surface area contributed by atoms with Crippen LogP contribution < -0.4 is 5.32 Å². The lowest BCUT2D eigenvalue weighted by Gasteiger charge is -2.20. The van der Waals surface area contributed by atoms with Crippen LogP contribution in [0.2, 0.25) is 0 Å². The van der Waals surface area contributed by atoms with Crippen molar-refractivity contribution in [3.8, 4) is 0 Å². The van der Waals surface area contributed by atoms with Crippen molar-refractivity contribution < 1.29 is 13.2 Å². The quantitative estimate of drug-likeness (QED) is 0.623. The molecule has 1 N–H and O–H groups in total. The SMILES string of the molecule is CCN(CC)S(=O)(=O)c1cc(C)c(C)c(NC(=O)Cn2c(C)nc3ccccc32)c1. The van der Waals surface area contributed by atoms with E-state index in [0.717, 1.165) is 28.0 Å². The molecule has 0 saturated carbocycles. The second kappa shape index (κ2) is 8.57. The Hall–Kier alpha value is -2.71. The first-order valence-corrected chi connectivity index (χ1v) is 11.5. The van der Waals surface area contributed by atoms with Gasteiger partial charge in [-0.25, -0.2) is 13.4 Å². The summed E-state index contributed by atoms with van der Waals surface area (Å²) in [6.07, 6.45) is 0. The normalized spacial score (nSPS) is 11.9. The van der Waals surface area contributed by atoms with Crippen LogP contribution in [0.1, 0.15) is 30.8 Å². The highest BCUT2D eigenvalue weighted by atomic mass is 32.2. The molecule has 0 atom stereocenters. The van der Waals surface area contributed by atoms with E-state index >= 15 is 0 Å². The van der Waals surface area contributed by atoms with Gasteiger partial charge in [-0.2, -0.15) is 4.31 Å². The molecule has 7 nitrogen and oxygen atoms in total. The second-order valence-electron chi connectivity index (χ2n) is 7.28. The molecule has 0 aliphatic rings. The van der Waals surface area contributed by atoms with E-state index in [4.69, 9.17) is 0 Å². The van der Waals surface area contributed by atoms with Crippen LogP contribution in [0.25, 0.3) is 11.0 Å². The summed E-state index contributed by atoms with van der Waals surface area (Å²) < 4.78 is 29.1. The van der Waals surface area contributed by atoms with E-state index < -0.39 is 10.0 Å². The van der Waals surface area contributed by atoms with E-state index in [1.54, 1.807) is 12.1 Å². The Balaban J connectivity index is 1.91. The number of anilines is 1. The highest BCUT2D eigenvalue weighted by Gasteiger charge is 2.23. The van der Waals surface area contributed by atoms with Crippen LogP contribution in [0.15, 0.2) is 41.3 Å². The van der Waals surface area contributed by atoms with Crippen LogP contribution in [0, 0.1) is 20.8 Å².